The Balaban J connectivity index is 1.70. The molecule has 23 heavy (non-hydrogen) atoms. The standard InChI is InChI=1S/C17H22N4O2/c1-10-14-12(16(23)18-8-17(9-22)5-6-17)7-13(11-3-4-11)19-15(14)21(2)20-10/h7,11,22H,3-6,8-9H2,1-2H3,(H,18,23). The molecule has 2 saturated carbocycles. The van der Waals surface area contributed by atoms with E-state index in [0.717, 1.165) is 48.1 Å². The fraction of sp³-hybridized carbons (Fsp3) is 0.588. The SMILES string of the molecule is Cc1nn(C)c2nc(C3CC3)cc(C(=O)NCC3(CO)CC3)c12. The molecule has 0 aromatic carbocycles. The van der Waals surface area contributed by atoms with Crippen molar-refractivity contribution in [1.82, 2.24) is 20.1 Å². The van der Waals surface area contributed by atoms with Crippen molar-refractivity contribution in [1.29, 1.82) is 0 Å². The molecule has 122 valence electrons. The van der Waals surface area contributed by atoms with Crippen LogP contribution in [0, 0.1) is 12.3 Å². The highest BCUT2D eigenvalue weighted by Gasteiger charge is 2.42. The lowest BCUT2D eigenvalue weighted by Crippen LogP contribution is -2.32. The predicted molar refractivity (Wildman–Crippen MR) is 86.3 cm³/mol. The van der Waals surface area contributed by atoms with Crippen LogP contribution in [-0.2, 0) is 7.05 Å². The molecule has 2 aliphatic carbocycles. The molecule has 0 unspecified atom stereocenters. The van der Waals surface area contributed by atoms with Crippen LogP contribution in [0.5, 0.6) is 0 Å². The van der Waals surface area contributed by atoms with Crippen LogP contribution in [0.1, 0.15) is 53.3 Å². The van der Waals surface area contributed by atoms with E-state index in [-0.39, 0.29) is 17.9 Å². The Morgan fingerprint density at radius 2 is 2.22 bits per heavy atom. The summed E-state index contributed by atoms with van der Waals surface area (Å²) in [7, 11) is 1.87. The van der Waals surface area contributed by atoms with Crippen molar-refractivity contribution >= 4 is 16.9 Å². The second-order valence-electron chi connectivity index (χ2n) is 7.12. The normalized spacial score (nSPS) is 19.1. The molecule has 0 bridgehead atoms. The zero-order chi connectivity index (χ0) is 16.2. The predicted octanol–water partition coefficient (Wildman–Crippen LogP) is 1.66. The van der Waals surface area contributed by atoms with Crippen LogP contribution in [0.3, 0.4) is 0 Å². The molecule has 2 aromatic rings. The van der Waals surface area contributed by atoms with Gasteiger partial charge in [0, 0.05) is 30.6 Å². The van der Waals surface area contributed by atoms with Gasteiger partial charge in [-0.3, -0.25) is 9.48 Å². The molecule has 0 radical (unpaired) electrons. The monoisotopic (exact) mass is 314 g/mol. The highest BCUT2D eigenvalue weighted by molar-refractivity contribution is 6.06. The summed E-state index contributed by atoms with van der Waals surface area (Å²) in [5, 5.41) is 17.7. The van der Waals surface area contributed by atoms with E-state index in [9.17, 15) is 9.90 Å². The summed E-state index contributed by atoms with van der Waals surface area (Å²) in [6.07, 6.45) is 4.25. The summed E-state index contributed by atoms with van der Waals surface area (Å²) in [5.41, 5.74) is 3.17. The molecular weight excluding hydrogens is 292 g/mol. The van der Waals surface area contributed by atoms with Gasteiger partial charge < -0.3 is 10.4 Å². The third kappa shape index (κ3) is 2.51. The zero-order valence-electron chi connectivity index (χ0n) is 13.6. The van der Waals surface area contributed by atoms with E-state index < -0.39 is 0 Å². The third-order valence-electron chi connectivity index (χ3n) is 5.15. The number of aryl methyl sites for hydroxylation is 2. The Morgan fingerprint density at radius 1 is 1.48 bits per heavy atom. The molecule has 1 amide bonds. The van der Waals surface area contributed by atoms with E-state index in [0.29, 0.717) is 18.0 Å². The van der Waals surface area contributed by atoms with Crippen molar-refractivity contribution in [2.75, 3.05) is 13.2 Å². The van der Waals surface area contributed by atoms with Crippen molar-refractivity contribution in [2.45, 2.75) is 38.5 Å². The van der Waals surface area contributed by atoms with Gasteiger partial charge in [-0.05, 0) is 38.7 Å². The van der Waals surface area contributed by atoms with E-state index >= 15 is 0 Å². The summed E-state index contributed by atoms with van der Waals surface area (Å²) in [4.78, 5) is 17.5. The number of carbonyl (C=O) groups excluding carboxylic acids is 1. The van der Waals surface area contributed by atoms with Gasteiger partial charge in [0.15, 0.2) is 5.65 Å². The fourth-order valence-electron chi connectivity index (χ4n) is 3.16. The van der Waals surface area contributed by atoms with Gasteiger partial charge in [0.25, 0.3) is 5.91 Å². The van der Waals surface area contributed by atoms with Crippen LogP contribution in [0.25, 0.3) is 11.0 Å². The van der Waals surface area contributed by atoms with Crippen molar-refractivity contribution in [3.63, 3.8) is 0 Å². The molecule has 2 aliphatic rings. The number of nitrogens with zero attached hydrogens (tertiary/aromatic N) is 3. The lowest BCUT2D eigenvalue weighted by atomic mass is 10.1. The van der Waals surface area contributed by atoms with Crippen LogP contribution in [-0.4, -0.2) is 38.9 Å². The van der Waals surface area contributed by atoms with Crippen LogP contribution in [0.15, 0.2) is 6.07 Å². The van der Waals surface area contributed by atoms with Gasteiger partial charge in [-0.25, -0.2) is 4.98 Å². The second-order valence-corrected chi connectivity index (χ2v) is 7.12. The number of hydrogen-bond acceptors (Lipinski definition) is 4. The molecule has 2 fully saturated rings. The lowest BCUT2D eigenvalue weighted by molar-refractivity contribution is 0.0936. The number of rotatable bonds is 5. The highest BCUT2D eigenvalue weighted by atomic mass is 16.3. The van der Waals surface area contributed by atoms with Gasteiger partial charge in [-0.2, -0.15) is 5.10 Å². The number of pyridine rings is 1. The number of nitrogens with one attached hydrogen (secondary N) is 1. The second kappa shape index (κ2) is 5.03. The van der Waals surface area contributed by atoms with E-state index in [1.807, 2.05) is 20.0 Å². The van der Waals surface area contributed by atoms with Gasteiger partial charge in [-0.15, -0.1) is 0 Å². The van der Waals surface area contributed by atoms with Crippen molar-refractivity contribution in [2.24, 2.45) is 12.5 Å². The first-order valence-electron chi connectivity index (χ1n) is 8.26. The summed E-state index contributed by atoms with van der Waals surface area (Å²) in [6, 6.07) is 1.93. The minimum absolute atomic E-state index is 0.0878. The number of carbonyl (C=O) groups is 1. The Bertz CT molecular complexity index is 787. The summed E-state index contributed by atoms with van der Waals surface area (Å²) < 4.78 is 1.75. The minimum Gasteiger partial charge on any atom is -0.396 e. The molecule has 2 heterocycles. The average Bonchev–Trinajstić information content (AvgIpc) is 3.45. The lowest BCUT2D eigenvalue weighted by Gasteiger charge is -2.14. The number of hydrogen-bond donors (Lipinski definition) is 2. The van der Waals surface area contributed by atoms with Crippen molar-refractivity contribution in [3.05, 3.63) is 23.0 Å². The Hall–Kier alpha value is -1.95. The third-order valence-corrected chi connectivity index (χ3v) is 5.15. The van der Waals surface area contributed by atoms with E-state index in [4.69, 9.17) is 4.98 Å². The minimum atomic E-state index is -0.0922. The fourth-order valence-corrected chi connectivity index (χ4v) is 3.16. The number of aromatic nitrogens is 3. The van der Waals surface area contributed by atoms with E-state index in [2.05, 4.69) is 10.4 Å². The highest BCUT2D eigenvalue weighted by Crippen LogP contribution is 2.44. The molecule has 0 saturated heterocycles. The van der Waals surface area contributed by atoms with Gasteiger partial charge in [0.1, 0.15) is 0 Å². The van der Waals surface area contributed by atoms with Crippen LogP contribution < -0.4 is 5.32 Å². The van der Waals surface area contributed by atoms with Crippen LogP contribution in [0.4, 0.5) is 0 Å². The first kappa shape index (κ1) is 14.6. The Labute approximate surface area is 134 Å². The van der Waals surface area contributed by atoms with Gasteiger partial charge in [0.2, 0.25) is 0 Å². The van der Waals surface area contributed by atoms with Crippen molar-refractivity contribution in [3.8, 4) is 0 Å². The number of aliphatic hydroxyl groups excluding tert-OH is 1. The Morgan fingerprint density at radius 3 is 2.83 bits per heavy atom. The van der Waals surface area contributed by atoms with Gasteiger partial charge >= 0.3 is 0 Å². The molecule has 0 aliphatic heterocycles. The van der Waals surface area contributed by atoms with Crippen LogP contribution in [0.2, 0.25) is 0 Å². The average molecular weight is 314 g/mol. The van der Waals surface area contributed by atoms with Crippen molar-refractivity contribution < 1.29 is 9.90 Å². The van der Waals surface area contributed by atoms with Gasteiger partial charge in [0.05, 0.1) is 23.3 Å². The Kier molecular flexibility index (Phi) is 3.20. The van der Waals surface area contributed by atoms with E-state index in [1.54, 1.807) is 4.68 Å². The quantitative estimate of drug-likeness (QED) is 0.879. The molecular formula is C17H22N4O2. The van der Waals surface area contributed by atoms with Crippen LogP contribution >= 0.6 is 0 Å². The molecule has 6 nitrogen and oxygen atoms in total. The van der Waals surface area contributed by atoms with E-state index in [1.165, 1.54) is 0 Å². The molecule has 0 spiro atoms. The maximum Gasteiger partial charge on any atom is 0.252 e. The maximum atomic E-state index is 12.7. The topological polar surface area (TPSA) is 80.0 Å². The molecule has 6 heteroatoms. The first-order chi connectivity index (χ1) is 11.0. The molecule has 2 aromatic heterocycles. The summed E-state index contributed by atoms with van der Waals surface area (Å²) >= 11 is 0. The number of fused-ring (bicyclic) bond motifs is 1. The molecule has 0 atom stereocenters. The number of aliphatic hydroxyl groups is 1. The molecule has 4 rings (SSSR count). The summed E-state index contributed by atoms with van der Waals surface area (Å²) in [5.74, 6) is 0.392. The maximum absolute atomic E-state index is 12.7. The first-order valence-corrected chi connectivity index (χ1v) is 8.26. The zero-order valence-corrected chi connectivity index (χ0v) is 13.6. The van der Waals surface area contributed by atoms with Gasteiger partial charge in [-0.1, -0.05) is 0 Å². The summed E-state index contributed by atoms with van der Waals surface area (Å²) in [6.45, 7) is 2.58. The number of amides is 1. The molecule has 2 N–H and O–H groups in total. The largest absolute Gasteiger partial charge is 0.396 e. The smallest absolute Gasteiger partial charge is 0.252 e.